The van der Waals surface area contributed by atoms with Crippen molar-refractivity contribution in [3.05, 3.63) is 29.6 Å². The fourth-order valence-corrected chi connectivity index (χ4v) is 1.70. The van der Waals surface area contributed by atoms with Crippen molar-refractivity contribution in [3.63, 3.8) is 0 Å². The third kappa shape index (κ3) is 2.98. The van der Waals surface area contributed by atoms with Gasteiger partial charge in [-0.15, -0.1) is 5.10 Å². The molecule has 0 aliphatic heterocycles. The maximum atomic E-state index is 12.1. The number of aromatic nitrogens is 5. The van der Waals surface area contributed by atoms with Gasteiger partial charge in [-0.05, 0) is 0 Å². The fourth-order valence-electron chi connectivity index (χ4n) is 1.70. The minimum Gasteiger partial charge on any atom is -0.334 e. The zero-order valence-corrected chi connectivity index (χ0v) is 11.6. The minimum absolute atomic E-state index is 0.202. The smallest absolute Gasteiger partial charge is 0.293 e. The number of hydrogen-bond acceptors (Lipinski definition) is 4. The minimum atomic E-state index is -0.202. The first-order chi connectivity index (χ1) is 8.97. The lowest BCUT2D eigenvalue weighted by atomic mass is 10.2. The van der Waals surface area contributed by atoms with Crippen LogP contribution in [-0.4, -0.2) is 42.8 Å². The number of H-pyrrole nitrogens is 1. The first kappa shape index (κ1) is 13.3. The van der Waals surface area contributed by atoms with Crippen molar-refractivity contribution in [2.45, 2.75) is 26.3 Å². The van der Waals surface area contributed by atoms with E-state index in [0.29, 0.717) is 6.54 Å². The van der Waals surface area contributed by atoms with Gasteiger partial charge >= 0.3 is 0 Å². The summed E-state index contributed by atoms with van der Waals surface area (Å²) in [6, 6.07) is 0. The van der Waals surface area contributed by atoms with Crippen LogP contribution >= 0.6 is 0 Å². The fraction of sp³-hybridized carbons (Fsp3) is 0.500. The number of nitrogens with one attached hydrogen (secondary N) is 1. The highest BCUT2D eigenvalue weighted by Gasteiger charge is 2.18. The second-order valence-electron chi connectivity index (χ2n) is 4.88. The second-order valence-corrected chi connectivity index (χ2v) is 4.88. The maximum absolute atomic E-state index is 12.1. The predicted molar refractivity (Wildman–Crippen MR) is 69.5 cm³/mol. The Bertz CT molecular complexity index is 570. The highest BCUT2D eigenvalue weighted by atomic mass is 16.2. The summed E-state index contributed by atoms with van der Waals surface area (Å²) in [4.78, 5) is 17.9. The molecular formula is C12H18N6O. The average molecular weight is 262 g/mol. The SMILES string of the molecule is CC(C)c1nc(C(=O)N(C)Cc2cnn(C)c2)n[nH]1. The van der Waals surface area contributed by atoms with E-state index in [-0.39, 0.29) is 17.6 Å². The van der Waals surface area contributed by atoms with Crippen molar-refractivity contribution >= 4 is 5.91 Å². The van der Waals surface area contributed by atoms with E-state index in [4.69, 9.17) is 0 Å². The van der Waals surface area contributed by atoms with Gasteiger partial charge in [-0.2, -0.15) is 5.10 Å². The summed E-state index contributed by atoms with van der Waals surface area (Å²) >= 11 is 0. The van der Waals surface area contributed by atoms with Crippen LogP contribution in [0.2, 0.25) is 0 Å². The van der Waals surface area contributed by atoms with Gasteiger partial charge in [0.2, 0.25) is 5.82 Å². The molecule has 2 heterocycles. The van der Waals surface area contributed by atoms with E-state index in [1.54, 1.807) is 22.8 Å². The zero-order chi connectivity index (χ0) is 14.0. The van der Waals surface area contributed by atoms with Gasteiger partial charge in [0.05, 0.1) is 6.20 Å². The van der Waals surface area contributed by atoms with Crippen molar-refractivity contribution in [1.82, 2.24) is 29.9 Å². The number of nitrogens with zero attached hydrogens (tertiary/aromatic N) is 5. The monoisotopic (exact) mass is 262 g/mol. The molecule has 0 atom stereocenters. The van der Waals surface area contributed by atoms with Crippen molar-refractivity contribution in [3.8, 4) is 0 Å². The summed E-state index contributed by atoms with van der Waals surface area (Å²) in [5.41, 5.74) is 0.970. The lowest BCUT2D eigenvalue weighted by molar-refractivity contribution is 0.0773. The zero-order valence-electron chi connectivity index (χ0n) is 11.6. The summed E-state index contributed by atoms with van der Waals surface area (Å²) in [7, 11) is 3.57. The second kappa shape index (κ2) is 5.21. The lowest BCUT2D eigenvalue weighted by Gasteiger charge is -2.13. The molecule has 19 heavy (non-hydrogen) atoms. The van der Waals surface area contributed by atoms with Gasteiger partial charge in [0, 0.05) is 38.3 Å². The largest absolute Gasteiger partial charge is 0.334 e. The molecule has 7 nitrogen and oxygen atoms in total. The molecule has 2 aromatic heterocycles. The molecule has 0 spiro atoms. The molecule has 0 aromatic carbocycles. The summed E-state index contributed by atoms with van der Waals surface area (Å²) in [5, 5.41) is 10.8. The third-order valence-electron chi connectivity index (χ3n) is 2.77. The van der Waals surface area contributed by atoms with Crippen LogP contribution in [0.1, 0.15) is 41.8 Å². The van der Waals surface area contributed by atoms with Crippen LogP contribution in [0.25, 0.3) is 0 Å². The number of amides is 1. The highest BCUT2D eigenvalue weighted by molar-refractivity contribution is 5.90. The Morgan fingerprint density at radius 3 is 2.79 bits per heavy atom. The number of hydrogen-bond donors (Lipinski definition) is 1. The topological polar surface area (TPSA) is 79.7 Å². The Morgan fingerprint density at radius 2 is 2.26 bits per heavy atom. The summed E-state index contributed by atoms with van der Waals surface area (Å²) in [5.74, 6) is 0.943. The molecule has 102 valence electrons. The molecule has 0 saturated carbocycles. The molecule has 0 unspecified atom stereocenters. The van der Waals surface area contributed by atoms with Gasteiger partial charge in [-0.25, -0.2) is 4.98 Å². The molecule has 0 aliphatic carbocycles. The molecule has 1 N–H and O–H groups in total. The number of carbonyl (C=O) groups is 1. The van der Waals surface area contributed by atoms with Gasteiger partial charge in [-0.3, -0.25) is 14.6 Å². The van der Waals surface area contributed by atoms with Crippen LogP contribution in [-0.2, 0) is 13.6 Å². The van der Waals surface area contributed by atoms with E-state index < -0.39 is 0 Å². The third-order valence-corrected chi connectivity index (χ3v) is 2.77. The Kier molecular flexibility index (Phi) is 3.64. The van der Waals surface area contributed by atoms with Crippen LogP contribution < -0.4 is 0 Å². The van der Waals surface area contributed by atoms with E-state index in [0.717, 1.165) is 11.4 Å². The summed E-state index contributed by atoms with van der Waals surface area (Å²) in [6.07, 6.45) is 3.61. The van der Waals surface area contributed by atoms with E-state index >= 15 is 0 Å². The normalized spacial score (nSPS) is 11.0. The van der Waals surface area contributed by atoms with Crippen LogP contribution in [0.15, 0.2) is 12.4 Å². The number of carbonyl (C=O) groups excluding carboxylic acids is 1. The molecule has 7 heteroatoms. The van der Waals surface area contributed by atoms with Crippen LogP contribution in [0.4, 0.5) is 0 Å². The molecule has 0 saturated heterocycles. The Morgan fingerprint density at radius 1 is 1.53 bits per heavy atom. The van der Waals surface area contributed by atoms with Gasteiger partial charge < -0.3 is 4.90 Å². The lowest BCUT2D eigenvalue weighted by Crippen LogP contribution is -2.27. The van der Waals surface area contributed by atoms with Crippen LogP contribution in [0.5, 0.6) is 0 Å². The molecule has 2 rings (SSSR count). The quantitative estimate of drug-likeness (QED) is 0.889. The van der Waals surface area contributed by atoms with Crippen LogP contribution in [0.3, 0.4) is 0 Å². The van der Waals surface area contributed by atoms with Gasteiger partial charge in [0.1, 0.15) is 5.82 Å². The Labute approximate surface area is 111 Å². The van der Waals surface area contributed by atoms with Crippen molar-refractivity contribution in [2.75, 3.05) is 7.05 Å². The van der Waals surface area contributed by atoms with Crippen LogP contribution in [0, 0.1) is 0 Å². The first-order valence-corrected chi connectivity index (χ1v) is 6.12. The predicted octanol–water partition coefficient (Wildman–Crippen LogP) is 0.934. The van der Waals surface area contributed by atoms with Gasteiger partial charge in [0.15, 0.2) is 0 Å². The molecule has 0 aliphatic rings. The molecule has 0 fully saturated rings. The number of rotatable bonds is 4. The Balaban J connectivity index is 2.05. The molecule has 0 radical (unpaired) electrons. The highest BCUT2D eigenvalue weighted by Crippen LogP contribution is 2.09. The van der Waals surface area contributed by atoms with Gasteiger partial charge in [-0.1, -0.05) is 13.8 Å². The van der Waals surface area contributed by atoms with Crippen molar-refractivity contribution < 1.29 is 4.79 Å². The summed E-state index contributed by atoms with van der Waals surface area (Å²) in [6.45, 7) is 4.47. The van der Waals surface area contributed by atoms with E-state index in [1.165, 1.54) is 0 Å². The first-order valence-electron chi connectivity index (χ1n) is 6.12. The number of aryl methyl sites for hydroxylation is 1. The summed E-state index contributed by atoms with van der Waals surface area (Å²) < 4.78 is 1.71. The number of aromatic amines is 1. The van der Waals surface area contributed by atoms with E-state index in [2.05, 4.69) is 20.3 Å². The molecule has 2 aromatic rings. The van der Waals surface area contributed by atoms with Crippen molar-refractivity contribution in [1.29, 1.82) is 0 Å². The Hall–Kier alpha value is -2.18. The molecular weight excluding hydrogens is 244 g/mol. The van der Waals surface area contributed by atoms with E-state index in [1.807, 2.05) is 27.1 Å². The average Bonchev–Trinajstić information content (AvgIpc) is 2.97. The van der Waals surface area contributed by atoms with Crippen molar-refractivity contribution in [2.24, 2.45) is 7.05 Å². The maximum Gasteiger partial charge on any atom is 0.293 e. The standard InChI is InChI=1S/C12H18N6O/c1-8(2)10-14-11(16-15-10)12(19)17(3)6-9-5-13-18(4)7-9/h5,7-8H,6H2,1-4H3,(H,14,15,16). The molecule has 1 amide bonds. The van der Waals surface area contributed by atoms with E-state index in [9.17, 15) is 4.79 Å². The molecule has 0 bridgehead atoms. The van der Waals surface area contributed by atoms with Gasteiger partial charge in [0.25, 0.3) is 5.91 Å².